The molecule has 0 radical (unpaired) electrons. The Hall–Kier alpha value is -2.33. The first-order chi connectivity index (χ1) is 10.5. The Morgan fingerprint density at radius 3 is 2.32 bits per heavy atom. The Morgan fingerprint density at radius 2 is 1.68 bits per heavy atom. The predicted octanol–water partition coefficient (Wildman–Crippen LogP) is 2.19. The van der Waals surface area contributed by atoms with Gasteiger partial charge in [0.25, 0.3) is 0 Å². The highest BCUT2D eigenvalue weighted by Crippen LogP contribution is 2.11. The molecule has 0 spiro atoms. The summed E-state index contributed by atoms with van der Waals surface area (Å²) < 4.78 is 0. The van der Waals surface area contributed by atoms with E-state index in [9.17, 15) is 4.79 Å². The number of carbonyl (C=O) groups is 1. The van der Waals surface area contributed by atoms with Gasteiger partial charge >= 0.3 is 0 Å². The zero-order valence-corrected chi connectivity index (χ0v) is 13.2. The predicted molar refractivity (Wildman–Crippen MR) is 90.2 cm³/mol. The second-order valence-corrected chi connectivity index (χ2v) is 5.70. The molecule has 1 amide bonds. The van der Waals surface area contributed by atoms with E-state index in [1.807, 2.05) is 50.5 Å². The molecule has 2 aromatic rings. The van der Waals surface area contributed by atoms with Gasteiger partial charge in [-0.05, 0) is 42.9 Å². The van der Waals surface area contributed by atoms with Crippen LogP contribution in [0.1, 0.15) is 16.7 Å². The molecule has 3 N–H and O–H groups in total. The molecule has 2 rings (SSSR count). The standard InChI is InChI=1S/C18H23N3O/c1-21(2)13-16-6-4-3-5-15(16)12-20-18(22)11-14-7-9-17(19)10-8-14/h3-10H,11-13,19H2,1-2H3,(H,20,22). The van der Waals surface area contributed by atoms with Crippen molar-refractivity contribution in [3.8, 4) is 0 Å². The Bertz CT molecular complexity index is 620. The van der Waals surface area contributed by atoms with E-state index in [-0.39, 0.29) is 5.91 Å². The van der Waals surface area contributed by atoms with Crippen LogP contribution >= 0.6 is 0 Å². The highest BCUT2D eigenvalue weighted by molar-refractivity contribution is 5.78. The molecule has 22 heavy (non-hydrogen) atoms. The molecule has 0 atom stereocenters. The van der Waals surface area contributed by atoms with Gasteiger partial charge in [-0.15, -0.1) is 0 Å². The van der Waals surface area contributed by atoms with Crippen LogP contribution in [0.4, 0.5) is 5.69 Å². The molecular formula is C18H23N3O. The number of benzene rings is 2. The highest BCUT2D eigenvalue weighted by atomic mass is 16.1. The van der Waals surface area contributed by atoms with Crippen molar-refractivity contribution in [3.63, 3.8) is 0 Å². The van der Waals surface area contributed by atoms with E-state index in [0.29, 0.717) is 18.7 Å². The van der Waals surface area contributed by atoms with E-state index in [1.165, 1.54) is 5.56 Å². The molecule has 116 valence electrons. The van der Waals surface area contributed by atoms with Crippen LogP contribution in [0.2, 0.25) is 0 Å². The quantitative estimate of drug-likeness (QED) is 0.804. The molecule has 0 unspecified atom stereocenters. The lowest BCUT2D eigenvalue weighted by Gasteiger charge is -2.14. The summed E-state index contributed by atoms with van der Waals surface area (Å²) in [4.78, 5) is 14.2. The molecule has 0 aromatic heterocycles. The SMILES string of the molecule is CN(C)Cc1ccccc1CNC(=O)Cc1ccc(N)cc1. The van der Waals surface area contributed by atoms with Crippen molar-refractivity contribution < 1.29 is 4.79 Å². The molecule has 0 saturated heterocycles. The molecule has 0 aliphatic carbocycles. The molecular weight excluding hydrogens is 274 g/mol. The fourth-order valence-electron chi connectivity index (χ4n) is 2.30. The van der Waals surface area contributed by atoms with E-state index in [2.05, 4.69) is 22.3 Å². The third-order valence-corrected chi connectivity index (χ3v) is 3.43. The molecule has 0 aliphatic rings. The summed E-state index contributed by atoms with van der Waals surface area (Å²) in [7, 11) is 4.08. The first kappa shape index (κ1) is 16.0. The molecule has 4 nitrogen and oxygen atoms in total. The number of amides is 1. The molecule has 4 heteroatoms. The fourth-order valence-corrected chi connectivity index (χ4v) is 2.30. The van der Waals surface area contributed by atoms with Crippen molar-refractivity contribution in [2.45, 2.75) is 19.5 Å². The summed E-state index contributed by atoms with van der Waals surface area (Å²) in [6.45, 7) is 1.42. The highest BCUT2D eigenvalue weighted by Gasteiger charge is 2.06. The molecule has 0 heterocycles. The van der Waals surface area contributed by atoms with Crippen LogP contribution in [0, 0.1) is 0 Å². The van der Waals surface area contributed by atoms with Crippen molar-refractivity contribution in [2.24, 2.45) is 0 Å². The van der Waals surface area contributed by atoms with Crippen LogP contribution in [0.5, 0.6) is 0 Å². The average molecular weight is 297 g/mol. The van der Waals surface area contributed by atoms with Crippen LogP contribution in [-0.4, -0.2) is 24.9 Å². The maximum absolute atomic E-state index is 12.1. The number of nitrogens with two attached hydrogens (primary N) is 1. The number of nitrogen functional groups attached to an aromatic ring is 1. The van der Waals surface area contributed by atoms with Gasteiger partial charge in [-0.2, -0.15) is 0 Å². The van der Waals surface area contributed by atoms with Crippen molar-refractivity contribution in [2.75, 3.05) is 19.8 Å². The number of anilines is 1. The Kier molecular flexibility index (Phi) is 5.55. The summed E-state index contributed by atoms with van der Waals surface area (Å²) in [6.07, 6.45) is 0.371. The number of hydrogen-bond donors (Lipinski definition) is 2. The summed E-state index contributed by atoms with van der Waals surface area (Å²) in [5.41, 5.74) is 9.71. The zero-order chi connectivity index (χ0) is 15.9. The van der Waals surface area contributed by atoms with Gasteiger partial charge in [-0.3, -0.25) is 4.79 Å². The Morgan fingerprint density at radius 1 is 1.05 bits per heavy atom. The third kappa shape index (κ3) is 4.90. The van der Waals surface area contributed by atoms with E-state index in [0.717, 1.165) is 17.7 Å². The molecule has 0 bridgehead atoms. The van der Waals surface area contributed by atoms with Crippen molar-refractivity contribution in [1.82, 2.24) is 10.2 Å². The van der Waals surface area contributed by atoms with Gasteiger partial charge in [0.2, 0.25) is 5.91 Å². The molecule has 0 saturated carbocycles. The maximum atomic E-state index is 12.1. The van der Waals surface area contributed by atoms with Crippen LogP contribution in [0.15, 0.2) is 48.5 Å². The minimum absolute atomic E-state index is 0.0180. The van der Waals surface area contributed by atoms with Crippen molar-refractivity contribution in [3.05, 3.63) is 65.2 Å². The van der Waals surface area contributed by atoms with Gasteiger partial charge in [0, 0.05) is 18.8 Å². The molecule has 2 aromatic carbocycles. The number of nitrogens with zero attached hydrogens (tertiary/aromatic N) is 1. The normalized spacial score (nSPS) is 10.7. The van der Waals surface area contributed by atoms with Crippen molar-refractivity contribution >= 4 is 11.6 Å². The smallest absolute Gasteiger partial charge is 0.224 e. The summed E-state index contributed by atoms with van der Waals surface area (Å²) in [6, 6.07) is 15.6. The topological polar surface area (TPSA) is 58.4 Å². The van der Waals surface area contributed by atoms with Crippen molar-refractivity contribution in [1.29, 1.82) is 0 Å². The van der Waals surface area contributed by atoms with Gasteiger partial charge in [0.05, 0.1) is 6.42 Å². The van der Waals surface area contributed by atoms with Gasteiger partial charge in [-0.25, -0.2) is 0 Å². The first-order valence-electron chi connectivity index (χ1n) is 7.37. The second kappa shape index (κ2) is 7.61. The lowest BCUT2D eigenvalue weighted by atomic mass is 10.1. The second-order valence-electron chi connectivity index (χ2n) is 5.70. The lowest BCUT2D eigenvalue weighted by molar-refractivity contribution is -0.120. The van der Waals surface area contributed by atoms with Gasteiger partial charge in [0.15, 0.2) is 0 Å². The zero-order valence-electron chi connectivity index (χ0n) is 13.2. The monoisotopic (exact) mass is 297 g/mol. The average Bonchev–Trinajstić information content (AvgIpc) is 2.48. The fraction of sp³-hybridized carbons (Fsp3) is 0.278. The van der Waals surface area contributed by atoms with Crippen LogP contribution < -0.4 is 11.1 Å². The minimum Gasteiger partial charge on any atom is -0.399 e. The van der Waals surface area contributed by atoms with Crippen LogP contribution in [-0.2, 0) is 24.3 Å². The Labute approximate surface area is 131 Å². The lowest BCUT2D eigenvalue weighted by Crippen LogP contribution is -2.25. The number of hydrogen-bond acceptors (Lipinski definition) is 3. The molecule has 0 fully saturated rings. The number of rotatable bonds is 6. The largest absolute Gasteiger partial charge is 0.399 e. The summed E-state index contributed by atoms with van der Waals surface area (Å²) in [5, 5.41) is 2.99. The maximum Gasteiger partial charge on any atom is 0.224 e. The summed E-state index contributed by atoms with van der Waals surface area (Å²) in [5.74, 6) is 0.0180. The first-order valence-corrected chi connectivity index (χ1v) is 7.37. The van der Waals surface area contributed by atoms with Crippen LogP contribution in [0.3, 0.4) is 0 Å². The van der Waals surface area contributed by atoms with Gasteiger partial charge < -0.3 is 16.0 Å². The minimum atomic E-state index is 0.0180. The van der Waals surface area contributed by atoms with Crippen LogP contribution in [0.25, 0.3) is 0 Å². The number of carbonyl (C=O) groups excluding carboxylic acids is 1. The van der Waals surface area contributed by atoms with E-state index < -0.39 is 0 Å². The Balaban J connectivity index is 1.92. The molecule has 0 aliphatic heterocycles. The number of nitrogens with one attached hydrogen (secondary N) is 1. The third-order valence-electron chi connectivity index (χ3n) is 3.43. The van der Waals surface area contributed by atoms with Gasteiger partial charge in [0.1, 0.15) is 0 Å². The van der Waals surface area contributed by atoms with E-state index >= 15 is 0 Å². The summed E-state index contributed by atoms with van der Waals surface area (Å²) >= 11 is 0. The van der Waals surface area contributed by atoms with Gasteiger partial charge in [-0.1, -0.05) is 36.4 Å². The van der Waals surface area contributed by atoms with E-state index in [4.69, 9.17) is 5.73 Å². The van der Waals surface area contributed by atoms with E-state index in [1.54, 1.807) is 0 Å².